The topological polar surface area (TPSA) is 86.7 Å². The molecule has 0 unspecified atom stereocenters. The lowest BCUT2D eigenvalue weighted by Crippen LogP contribution is -2.45. The summed E-state index contributed by atoms with van der Waals surface area (Å²) in [5.41, 5.74) is 2.58. The van der Waals surface area contributed by atoms with Crippen molar-refractivity contribution in [2.45, 2.75) is 26.0 Å². The minimum atomic E-state index is -0.685. The van der Waals surface area contributed by atoms with Gasteiger partial charge in [-0.2, -0.15) is 0 Å². The van der Waals surface area contributed by atoms with Gasteiger partial charge in [0.2, 0.25) is 5.91 Å². The fraction of sp³-hybridized carbons (Fsp3) is 0.346. The van der Waals surface area contributed by atoms with Crippen LogP contribution in [0.5, 0.6) is 11.5 Å². The van der Waals surface area contributed by atoms with Crippen LogP contribution in [0.4, 0.5) is 0 Å². The molecule has 2 aromatic rings. The smallest absolute Gasteiger partial charge is 0.338 e. The molecule has 1 amide bonds. The third kappa shape index (κ3) is 5.52. The lowest BCUT2D eigenvalue weighted by atomic mass is 9.94. The fourth-order valence-corrected chi connectivity index (χ4v) is 4.98. The highest BCUT2D eigenvalue weighted by Crippen LogP contribution is 2.42. The largest absolute Gasteiger partial charge is 0.493 e. The first-order chi connectivity index (χ1) is 17.0. The highest BCUT2D eigenvalue weighted by atomic mass is 32.2. The molecule has 0 saturated carbocycles. The standard InChI is InChI=1S/C26H28N2O6S/c1-17-23(25(30)33-13-12-31-2)24(28-22(29)11-14-35-26(28)27-17)19-9-10-20(21(15-19)32-3)34-16-18-7-5-4-6-8-18/h4-10,15,24H,11-14,16H2,1-3H3/t24-/m0/s1. The number of ether oxygens (including phenoxy) is 4. The van der Waals surface area contributed by atoms with Crippen molar-refractivity contribution in [3.8, 4) is 11.5 Å². The second kappa shape index (κ2) is 11.4. The number of rotatable bonds is 9. The second-order valence-electron chi connectivity index (χ2n) is 7.97. The van der Waals surface area contributed by atoms with Gasteiger partial charge in [-0.15, -0.1) is 0 Å². The Morgan fingerprint density at radius 2 is 1.91 bits per heavy atom. The van der Waals surface area contributed by atoms with Crippen molar-refractivity contribution in [2.75, 3.05) is 33.2 Å². The molecule has 0 spiro atoms. The van der Waals surface area contributed by atoms with Gasteiger partial charge in [0.25, 0.3) is 0 Å². The first-order valence-corrected chi connectivity index (χ1v) is 12.3. The number of methoxy groups -OCH3 is 2. The molecule has 1 saturated heterocycles. The van der Waals surface area contributed by atoms with E-state index in [9.17, 15) is 9.59 Å². The first kappa shape index (κ1) is 24.8. The van der Waals surface area contributed by atoms with Crippen LogP contribution in [0.15, 0.2) is 64.8 Å². The number of amides is 1. The molecule has 9 heteroatoms. The molecule has 2 aliphatic heterocycles. The van der Waals surface area contributed by atoms with E-state index in [1.165, 1.54) is 18.9 Å². The molecule has 0 aromatic heterocycles. The van der Waals surface area contributed by atoms with Gasteiger partial charge in [0, 0.05) is 19.3 Å². The van der Waals surface area contributed by atoms with Gasteiger partial charge in [-0.1, -0.05) is 48.2 Å². The Balaban J connectivity index is 1.68. The summed E-state index contributed by atoms with van der Waals surface area (Å²) in [5.74, 6) is 1.10. The molecule has 2 aliphatic rings. The molecule has 2 aromatic carbocycles. The number of nitrogens with zero attached hydrogens (tertiary/aromatic N) is 2. The maximum Gasteiger partial charge on any atom is 0.338 e. The second-order valence-corrected chi connectivity index (χ2v) is 9.03. The number of thioether (sulfide) groups is 1. The normalized spacial score (nSPS) is 17.6. The average molecular weight is 497 g/mol. The van der Waals surface area contributed by atoms with Gasteiger partial charge in [0.05, 0.1) is 31.0 Å². The Kier molecular flexibility index (Phi) is 8.09. The molecule has 8 nitrogen and oxygen atoms in total. The predicted octanol–water partition coefficient (Wildman–Crippen LogP) is 4.11. The minimum Gasteiger partial charge on any atom is -0.493 e. The number of amidine groups is 1. The molecule has 2 heterocycles. The summed E-state index contributed by atoms with van der Waals surface area (Å²) >= 11 is 1.50. The molecule has 0 N–H and O–H groups in total. The van der Waals surface area contributed by atoms with Crippen LogP contribution in [0.1, 0.15) is 30.5 Å². The van der Waals surface area contributed by atoms with Crippen LogP contribution in [-0.4, -0.2) is 55.1 Å². The molecule has 0 radical (unpaired) electrons. The van der Waals surface area contributed by atoms with E-state index in [1.807, 2.05) is 36.4 Å². The van der Waals surface area contributed by atoms with Crippen LogP contribution >= 0.6 is 11.8 Å². The maximum atomic E-state index is 13.1. The number of carbonyl (C=O) groups is 2. The van der Waals surface area contributed by atoms with Gasteiger partial charge in [0.15, 0.2) is 16.7 Å². The molecule has 0 aliphatic carbocycles. The number of hydrogen-bond donors (Lipinski definition) is 0. The van der Waals surface area contributed by atoms with Crippen LogP contribution < -0.4 is 9.47 Å². The lowest BCUT2D eigenvalue weighted by Gasteiger charge is -2.39. The summed E-state index contributed by atoms with van der Waals surface area (Å²) in [6.45, 7) is 2.53. The zero-order valence-electron chi connectivity index (χ0n) is 20.0. The van der Waals surface area contributed by atoms with Crippen molar-refractivity contribution in [3.63, 3.8) is 0 Å². The van der Waals surface area contributed by atoms with Crippen LogP contribution in [0.3, 0.4) is 0 Å². The first-order valence-electron chi connectivity index (χ1n) is 11.3. The molecule has 1 atom stereocenters. The highest BCUT2D eigenvalue weighted by Gasteiger charge is 2.42. The van der Waals surface area contributed by atoms with E-state index in [1.54, 1.807) is 31.1 Å². The number of benzene rings is 2. The average Bonchev–Trinajstić information content (AvgIpc) is 2.87. The van der Waals surface area contributed by atoms with Crippen molar-refractivity contribution in [3.05, 3.63) is 70.9 Å². The third-order valence-electron chi connectivity index (χ3n) is 5.69. The van der Waals surface area contributed by atoms with Gasteiger partial charge in [-0.3, -0.25) is 9.69 Å². The highest BCUT2D eigenvalue weighted by molar-refractivity contribution is 8.14. The Morgan fingerprint density at radius 3 is 2.66 bits per heavy atom. The van der Waals surface area contributed by atoms with Crippen LogP contribution in [0, 0.1) is 0 Å². The summed E-state index contributed by atoms with van der Waals surface area (Å²) in [6, 6.07) is 14.6. The number of esters is 1. The van der Waals surface area contributed by atoms with E-state index in [-0.39, 0.29) is 19.1 Å². The quantitative estimate of drug-likeness (QED) is 0.381. The molecular weight excluding hydrogens is 468 g/mol. The molecule has 1 fully saturated rings. The predicted molar refractivity (Wildman–Crippen MR) is 133 cm³/mol. The maximum absolute atomic E-state index is 13.1. The van der Waals surface area contributed by atoms with Crippen molar-refractivity contribution in [1.82, 2.24) is 4.90 Å². The summed E-state index contributed by atoms with van der Waals surface area (Å²) < 4.78 is 22.0. The van der Waals surface area contributed by atoms with E-state index in [4.69, 9.17) is 18.9 Å². The van der Waals surface area contributed by atoms with Crippen molar-refractivity contribution >= 4 is 28.8 Å². The number of fused-ring (bicyclic) bond motifs is 1. The number of allylic oxidation sites excluding steroid dienone is 1. The summed E-state index contributed by atoms with van der Waals surface area (Å²) in [5, 5.41) is 0.584. The van der Waals surface area contributed by atoms with Crippen molar-refractivity contribution in [2.24, 2.45) is 4.99 Å². The Morgan fingerprint density at radius 1 is 1.11 bits per heavy atom. The van der Waals surface area contributed by atoms with Gasteiger partial charge in [-0.25, -0.2) is 9.79 Å². The van der Waals surface area contributed by atoms with Gasteiger partial charge in [-0.05, 0) is 30.2 Å². The summed E-state index contributed by atoms with van der Waals surface area (Å²) in [6.07, 6.45) is 0.362. The van der Waals surface area contributed by atoms with Gasteiger partial charge >= 0.3 is 5.97 Å². The van der Waals surface area contributed by atoms with Crippen molar-refractivity contribution < 1.29 is 28.5 Å². The van der Waals surface area contributed by atoms with Gasteiger partial charge in [0.1, 0.15) is 13.2 Å². The monoisotopic (exact) mass is 496 g/mol. The number of carbonyl (C=O) groups excluding carboxylic acids is 2. The zero-order valence-corrected chi connectivity index (χ0v) is 20.8. The van der Waals surface area contributed by atoms with E-state index in [2.05, 4.69) is 4.99 Å². The Hall–Kier alpha value is -3.30. The number of hydrogen-bond acceptors (Lipinski definition) is 8. The summed E-state index contributed by atoms with van der Waals surface area (Å²) in [7, 11) is 3.10. The summed E-state index contributed by atoms with van der Waals surface area (Å²) in [4.78, 5) is 32.3. The minimum absolute atomic E-state index is 0.0921. The van der Waals surface area contributed by atoms with E-state index in [0.29, 0.717) is 52.3 Å². The SMILES string of the molecule is COCCOC(=O)C1=C(C)N=C2SCCC(=O)N2[C@H]1c1ccc(OCc2ccccc2)c(OC)c1. The molecular formula is C26H28N2O6S. The van der Waals surface area contributed by atoms with Crippen LogP contribution in [-0.2, 0) is 25.7 Å². The number of aliphatic imine (C=N–C) groups is 1. The Bertz CT molecular complexity index is 1150. The van der Waals surface area contributed by atoms with E-state index in [0.717, 1.165) is 5.56 Å². The van der Waals surface area contributed by atoms with Gasteiger partial charge < -0.3 is 18.9 Å². The van der Waals surface area contributed by atoms with Crippen molar-refractivity contribution in [1.29, 1.82) is 0 Å². The van der Waals surface area contributed by atoms with E-state index < -0.39 is 12.0 Å². The lowest BCUT2D eigenvalue weighted by molar-refractivity contribution is -0.141. The molecule has 35 heavy (non-hydrogen) atoms. The molecule has 4 rings (SSSR count). The Labute approximate surface area is 208 Å². The molecule has 184 valence electrons. The van der Waals surface area contributed by atoms with Crippen LogP contribution in [0.25, 0.3) is 0 Å². The third-order valence-corrected chi connectivity index (χ3v) is 6.64. The van der Waals surface area contributed by atoms with Crippen LogP contribution in [0.2, 0.25) is 0 Å². The molecule has 0 bridgehead atoms. The van der Waals surface area contributed by atoms with E-state index >= 15 is 0 Å². The fourth-order valence-electron chi connectivity index (χ4n) is 3.98. The zero-order chi connectivity index (χ0) is 24.8.